The van der Waals surface area contributed by atoms with E-state index in [9.17, 15) is 0 Å². The van der Waals surface area contributed by atoms with Gasteiger partial charge in [0, 0.05) is 34.8 Å². The Morgan fingerprint density at radius 3 is 0.846 bits per heavy atom. The normalized spacial score (nSPS) is 6.92. The summed E-state index contributed by atoms with van der Waals surface area (Å²) in [6, 6.07) is 0. The summed E-state index contributed by atoms with van der Waals surface area (Å²) in [5, 5.41) is 0. The van der Waals surface area contributed by atoms with E-state index in [0.717, 1.165) is 13.1 Å². The summed E-state index contributed by atoms with van der Waals surface area (Å²) in [6.07, 6.45) is 0. The first-order valence-electron chi connectivity index (χ1n) is 2.92. The second kappa shape index (κ2) is 23.5. The van der Waals surface area contributed by atoms with E-state index < -0.39 is 0 Å². The van der Waals surface area contributed by atoms with Crippen LogP contribution >= 0.6 is 49.6 Å². The summed E-state index contributed by atoms with van der Waals surface area (Å²) in [5.41, 5.74) is 0. The van der Waals surface area contributed by atoms with Gasteiger partial charge in [-0.1, -0.05) is 0 Å². The topological polar surface area (TPSA) is 6.48 Å². The standard InChI is InChI=1S/C6H16N2.4ClH.Ti/c1-7(2)5-6-8(3)4;;;;;/h5-6H2,1-4H3;4*1H;. The molecule has 0 bridgehead atoms. The maximum Gasteiger partial charge on any atom is 0.0103 e. The molecule has 0 spiro atoms. The molecule has 0 aromatic rings. The van der Waals surface area contributed by atoms with Crippen molar-refractivity contribution in [2.45, 2.75) is 0 Å². The van der Waals surface area contributed by atoms with Crippen molar-refractivity contribution in [3.63, 3.8) is 0 Å². The molecule has 0 rings (SSSR count). The molecule has 0 N–H and O–H groups in total. The number of nitrogens with zero attached hydrogens (tertiary/aromatic N) is 2. The third kappa shape index (κ3) is 41.6. The number of rotatable bonds is 3. The monoisotopic (exact) mass is 308 g/mol. The van der Waals surface area contributed by atoms with E-state index >= 15 is 0 Å². The molecule has 0 fully saturated rings. The van der Waals surface area contributed by atoms with Crippen molar-refractivity contribution >= 4 is 49.6 Å². The average Bonchev–Trinajstić information content (AvgIpc) is 1.61. The Kier molecular flexibility index (Phi) is 65.9. The minimum Gasteiger partial charge on any atom is -0.308 e. The molecule has 0 atom stereocenters. The minimum absolute atomic E-state index is 0. The van der Waals surface area contributed by atoms with Crippen molar-refractivity contribution in [1.82, 2.24) is 9.80 Å². The van der Waals surface area contributed by atoms with Crippen LogP contribution in [-0.2, 0) is 21.7 Å². The number of halogens is 4. The first-order valence-corrected chi connectivity index (χ1v) is 2.92. The fourth-order valence-electron chi connectivity index (χ4n) is 0.400. The van der Waals surface area contributed by atoms with Gasteiger partial charge in [0.1, 0.15) is 0 Å². The van der Waals surface area contributed by atoms with Crippen LogP contribution < -0.4 is 0 Å². The van der Waals surface area contributed by atoms with Gasteiger partial charge in [0.2, 0.25) is 0 Å². The molecule has 13 heavy (non-hydrogen) atoms. The van der Waals surface area contributed by atoms with Crippen LogP contribution in [0.4, 0.5) is 0 Å². The van der Waals surface area contributed by atoms with Gasteiger partial charge in [0.05, 0.1) is 0 Å². The molecule has 0 aromatic heterocycles. The zero-order valence-electron chi connectivity index (χ0n) is 8.44. The van der Waals surface area contributed by atoms with Crippen molar-refractivity contribution in [2.75, 3.05) is 41.3 Å². The van der Waals surface area contributed by atoms with Crippen molar-refractivity contribution in [2.24, 2.45) is 0 Å². The summed E-state index contributed by atoms with van der Waals surface area (Å²) < 4.78 is 0. The van der Waals surface area contributed by atoms with Crippen LogP contribution in [-0.4, -0.2) is 51.1 Å². The summed E-state index contributed by atoms with van der Waals surface area (Å²) in [5.74, 6) is 0. The first-order chi connectivity index (χ1) is 3.63. The zero-order valence-corrected chi connectivity index (χ0v) is 13.3. The van der Waals surface area contributed by atoms with E-state index in [1.165, 1.54) is 0 Å². The van der Waals surface area contributed by atoms with Crippen molar-refractivity contribution < 1.29 is 21.7 Å². The molecule has 0 radical (unpaired) electrons. The van der Waals surface area contributed by atoms with E-state index in [1.54, 1.807) is 0 Å². The zero-order chi connectivity index (χ0) is 6.57. The molecule has 0 heterocycles. The van der Waals surface area contributed by atoms with Crippen LogP contribution in [0, 0.1) is 0 Å². The molecule has 0 aliphatic carbocycles. The first kappa shape index (κ1) is 36.4. The van der Waals surface area contributed by atoms with Crippen molar-refractivity contribution in [1.29, 1.82) is 0 Å². The molecule has 0 unspecified atom stereocenters. The SMILES string of the molecule is CN(C)CCN(C)C.Cl.Cl.Cl.Cl.[Ti]. The summed E-state index contributed by atoms with van der Waals surface area (Å²) in [4.78, 5) is 4.36. The van der Waals surface area contributed by atoms with Crippen molar-refractivity contribution in [3.8, 4) is 0 Å². The van der Waals surface area contributed by atoms with Gasteiger partial charge in [-0.2, -0.15) is 0 Å². The summed E-state index contributed by atoms with van der Waals surface area (Å²) in [7, 11) is 8.35. The molecular formula is C6H20Cl4N2Ti. The molecule has 86 valence electrons. The molecule has 0 aromatic carbocycles. The van der Waals surface area contributed by atoms with Gasteiger partial charge in [-0.3, -0.25) is 0 Å². The van der Waals surface area contributed by atoms with Gasteiger partial charge in [-0.25, -0.2) is 0 Å². The molecule has 2 nitrogen and oxygen atoms in total. The van der Waals surface area contributed by atoms with Gasteiger partial charge in [0.25, 0.3) is 0 Å². The average molecular weight is 310 g/mol. The summed E-state index contributed by atoms with van der Waals surface area (Å²) in [6.45, 7) is 2.29. The molecule has 0 saturated carbocycles. The van der Waals surface area contributed by atoms with Gasteiger partial charge in [0.15, 0.2) is 0 Å². The van der Waals surface area contributed by atoms with E-state index in [1.807, 2.05) is 0 Å². The third-order valence-electron chi connectivity index (χ3n) is 0.994. The van der Waals surface area contributed by atoms with E-state index in [-0.39, 0.29) is 71.3 Å². The van der Waals surface area contributed by atoms with Gasteiger partial charge >= 0.3 is 0 Å². The van der Waals surface area contributed by atoms with Crippen LogP contribution in [0.25, 0.3) is 0 Å². The van der Waals surface area contributed by atoms with Gasteiger partial charge in [-0.15, -0.1) is 49.6 Å². The smallest absolute Gasteiger partial charge is 0.0103 e. The Morgan fingerprint density at radius 1 is 0.615 bits per heavy atom. The fourth-order valence-corrected chi connectivity index (χ4v) is 0.400. The van der Waals surface area contributed by atoms with Crippen LogP contribution in [0.2, 0.25) is 0 Å². The molecule has 0 aliphatic rings. The number of hydrogen-bond acceptors (Lipinski definition) is 2. The number of hydrogen-bond donors (Lipinski definition) is 0. The van der Waals surface area contributed by atoms with E-state index in [2.05, 4.69) is 38.0 Å². The second-order valence-corrected chi connectivity index (χ2v) is 2.61. The Morgan fingerprint density at radius 2 is 0.769 bits per heavy atom. The minimum atomic E-state index is 0. The predicted molar refractivity (Wildman–Crippen MR) is 66.1 cm³/mol. The quantitative estimate of drug-likeness (QED) is 0.734. The third-order valence-corrected chi connectivity index (χ3v) is 0.994. The van der Waals surface area contributed by atoms with Crippen LogP contribution in [0.5, 0.6) is 0 Å². The van der Waals surface area contributed by atoms with Crippen molar-refractivity contribution in [3.05, 3.63) is 0 Å². The molecule has 0 saturated heterocycles. The van der Waals surface area contributed by atoms with Gasteiger partial charge in [-0.05, 0) is 28.2 Å². The molecular weight excluding hydrogens is 290 g/mol. The maximum absolute atomic E-state index is 2.18. The molecule has 0 aliphatic heterocycles. The van der Waals surface area contributed by atoms with Crippen LogP contribution in [0.1, 0.15) is 0 Å². The van der Waals surface area contributed by atoms with Crippen LogP contribution in [0.15, 0.2) is 0 Å². The molecule has 0 amide bonds. The second-order valence-electron chi connectivity index (χ2n) is 2.61. The Hall–Kier alpha value is 1.79. The molecule has 7 heteroatoms. The predicted octanol–water partition coefficient (Wildman–Crippen LogP) is 1.79. The Bertz CT molecular complexity index is 58.6. The van der Waals surface area contributed by atoms with Gasteiger partial charge < -0.3 is 9.80 Å². The number of likely N-dealkylation sites (N-methyl/N-ethyl adjacent to an activating group) is 2. The Labute approximate surface area is 122 Å². The fraction of sp³-hybridized carbons (Fsp3) is 1.00. The largest absolute Gasteiger partial charge is 0.308 e. The Balaban J connectivity index is -0.0000000245. The van der Waals surface area contributed by atoms with E-state index in [0.29, 0.717) is 0 Å². The van der Waals surface area contributed by atoms with E-state index in [4.69, 9.17) is 0 Å². The maximum atomic E-state index is 2.18. The summed E-state index contributed by atoms with van der Waals surface area (Å²) >= 11 is 0. The van der Waals surface area contributed by atoms with Crippen LogP contribution in [0.3, 0.4) is 0 Å².